The highest BCUT2D eigenvalue weighted by Crippen LogP contribution is 2.27. The number of phenols is 2. The number of alkyl carbamates (subject to hydrolysis) is 1. The minimum atomic E-state index is -1.04. The van der Waals surface area contributed by atoms with Crippen LogP contribution in [0.25, 0.3) is 0 Å². The van der Waals surface area contributed by atoms with E-state index in [0.29, 0.717) is 18.5 Å². The average Bonchev–Trinajstić information content (AvgIpc) is 2.97. The van der Waals surface area contributed by atoms with E-state index in [9.17, 15) is 24.6 Å². The van der Waals surface area contributed by atoms with Crippen molar-refractivity contribution < 1.29 is 29.3 Å². The zero-order valence-corrected chi connectivity index (χ0v) is 26.8. The predicted molar refractivity (Wildman–Crippen MR) is 171 cm³/mol. The Morgan fingerprint density at radius 2 is 1.48 bits per heavy atom. The molecule has 1 saturated carbocycles. The molecule has 44 heavy (non-hydrogen) atoms. The molecule has 1 fully saturated rings. The molecule has 0 radical (unpaired) electrons. The van der Waals surface area contributed by atoms with Gasteiger partial charge in [-0.15, -0.1) is 0 Å². The summed E-state index contributed by atoms with van der Waals surface area (Å²) >= 11 is 0. The first-order valence-electron chi connectivity index (χ1n) is 16.1. The molecule has 0 bridgehead atoms. The van der Waals surface area contributed by atoms with Crippen LogP contribution < -0.4 is 10.6 Å². The summed E-state index contributed by atoms with van der Waals surface area (Å²) in [6, 6.07) is 10.9. The van der Waals surface area contributed by atoms with Crippen molar-refractivity contribution in [1.29, 1.82) is 0 Å². The van der Waals surface area contributed by atoms with Crippen molar-refractivity contribution in [3.05, 3.63) is 59.7 Å². The number of nitrogens with one attached hydrogen (secondary N) is 2. The Labute approximate surface area is 262 Å². The van der Waals surface area contributed by atoms with Crippen LogP contribution in [0.15, 0.2) is 48.5 Å². The highest BCUT2D eigenvalue weighted by molar-refractivity contribution is 5.92. The number of unbranched alkanes of at least 4 members (excludes halogenated alkanes) is 4. The van der Waals surface area contributed by atoms with E-state index in [1.807, 2.05) is 0 Å². The van der Waals surface area contributed by atoms with E-state index >= 15 is 0 Å². The zero-order valence-electron chi connectivity index (χ0n) is 26.8. The van der Waals surface area contributed by atoms with Gasteiger partial charge >= 0.3 is 6.09 Å². The van der Waals surface area contributed by atoms with Gasteiger partial charge in [0.05, 0.1) is 0 Å². The lowest BCUT2D eigenvalue weighted by atomic mass is 9.94. The van der Waals surface area contributed by atoms with Crippen molar-refractivity contribution >= 4 is 17.9 Å². The van der Waals surface area contributed by atoms with E-state index in [0.717, 1.165) is 63.4 Å². The van der Waals surface area contributed by atoms with Gasteiger partial charge in [-0.2, -0.15) is 0 Å². The Morgan fingerprint density at radius 3 is 2.07 bits per heavy atom. The minimum Gasteiger partial charge on any atom is -0.508 e. The van der Waals surface area contributed by atoms with Crippen LogP contribution in [0.1, 0.15) is 109 Å². The number of hydrogen-bond donors (Lipinski definition) is 4. The van der Waals surface area contributed by atoms with E-state index in [4.69, 9.17) is 4.74 Å². The van der Waals surface area contributed by atoms with Crippen molar-refractivity contribution in [2.45, 2.75) is 122 Å². The molecule has 4 N–H and O–H groups in total. The van der Waals surface area contributed by atoms with Gasteiger partial charge in [0, 0.05) is 19.0 Å². The fourth-order valence-electron chi connectivity index (χ4n) is 5.63. The van der Waals surface area contributed by atoms with Crippen LogP contribution in [-0.2, 0) is 20.7 Å². The van der Waals surface area contributed by atoms with Gasteiger partial charge in [0.25, 0.3) is 0 Å². The summed E-state index contributed by atoms with van der Waals surface area (Å²) in [7, 11) is 0. The minimum absolute atomic E-state index is 0.0325. The maximum atomic E-state index is 14.6. The molecule has 2 aromatic carbocycles. The van der Waals surface area contributed by atoms with E-state index in [1.165, 1.54) is 24.3 Å². The van der Waals surface area contributed by atoms with Crippen LogP contribution in [0.4, 0.5) is 4.79 Å². The van der Waals surface area contributed by atoms with Crippen LogP contribution in [0, 0.1) is 0 Å². The summed E-state index contributed by atoms with van der Waals surface area (Å²) in [5.41, 5.74) is 0.538. The van der Waals surface area contributed by atoms with Gasteiger partial charge in [0.15, 0.2) is 0 Å². The third-order valence-electron chi connectivity index (χ3n) is 7.87. The van der Waals surface area contributed by atoms with E-state index in [-0.39, 0.29) is 29.9 Å². The van der Waals surface area contributed by atoms with Crippen molar-refractivity contribution in [2.75, 3.05) is 6.54 Å². The Morgan fingerprint density at radius 1 is 0.886 bits per heavy atom. The molecule has 0 saturated heterocycles. The number of hydrogen-bond acceptors (Lipinski definition) is 6. The molecule has 0 aliphatic heterocycles. The normalized spacial score (nSPS) is 15.2. The summed E-state index contributed by atoms with van der Waals surface area (Å²) in [5, 5.41) is 25.8. The molecule has 3 rings (SSSR count). The van der Waals surface area contributed by atoms with Crippen molar-refractivity contribution in [1.82, 2.24) is 15.5 Å². The fraction of sp³-hybridized carbons (Fsp3) is 0.571. The van der Waals surface area contributed by atoms with Crippen LogP contribution in [0.2, 0.25) is 0 Å². The van der Waals surface area contributed by atoms with Gasteiger partial charge in [-0.1, -0.05) is 76.1 Å². The maximum Gasteiger partial charge on any atom is 0.408 e. The molecule has 1 aliphatic rings. The van der Waals surface area contributed by atoms with Gasteiger partial charge in [0.1, 0.15) is 29.2 Å². The molecule has 2 unspecified atom stereocenters. The number of carbonyl (C=O) groups excluding carboxylic acids is 3. The lowest BCUT2D eigenvalue weighted by molar-refractivity contribution is -0.143. The number of ether oxygens (including phenoxy) is 1. The molecule has 242 valence electrons. The summed E-state index contributed by atoms with van der Waals surface area (Å²) < 4.78 is 5.52. The average molecular weight is 610 g/mol. The first-order valence-corrected chi connectivity index (χ1v) is 16.1. The maximum absolute atomic E-state index is 14.6. The fourth-order valence-corrected chi connectivity index (χ4v) is 5.63. The quantitative estimate of drug-likeness (QED) is 0.181. The molecular formula is C35H51N3O6. The Kier molecular flexibility index (Phi) is 13.4. The lowest BCUT2D eigenvalue weighted by Crippen LogP contribution is -2.54. The molecule has 1 aliphatic carbocycles. The predicted octanol–water partition coefficient (Wildman–Crippen LogP) is 6.52. The monoisotopic (exact) mass is 609 g/mol. The number of benzene rings is 2. The molecule has 3 amide bonds. The number of carbonyl (C=O) groups is 3. The summed E-state index contributed by atoms with van der Waals surface area (Å²) in [5.74, 6) is -0.520. The lowest BCUT2D eigenvalue weighted by Gasteiger charge is -2.36. The summed E-state index contributed by atoms with van der Waals surface area (Å²) in [6.45, 7) is 7.71. The number of nitrogens with zero attached hydrogens (tertiary/aromatic N) is 1. The Balaban J connectivity index is 2.00. The van der Waals surface area contributed by atoms with E-state index in [1.54, 1.807) is 49.9 Å². The molecule has 0 heterocycles. The van der Waals surface area contributed by atoms with Gasteiger partial charge in [-0.25, -0.2) is 4.79 Å². The molecule has 0 spiro atoms. The van der Waals surface area contributed by atoms with Gasteiger partial charge in [-0.05, 0) is 75.4 Å². The molecule has 0 aromatic heterocycles. The van der Waals surface area contributed by atoms with Gasteiger partial charge in [0.2, 0.25) is 11.8 Å². The Hall–Kier alpha value is -3.75. The number of amides is 3. The van der Waals surface area contributed by atoms with Gasteiger partial charge in [-0.3, -0.25) is 9.59 Å². The van der Waals surface area contributed by atoms with Gasteiger partial charge < -0.3 is 30.5 Å². The topological polar surface area (TPSA) is 128 Å². The summed E-state index contributed by atoms with van der Waals surface area (Å²) in [4.78, 5) is 43.3. The molecule has 9 heteroatoms. The number of rotatable bonds is 14. The van der Waals surface area contributed by atoms with Crippen molar-refractivity contribution in [3.8, 4) is 11.5 Å². The highest BCUT2D eigenvalue weighted by Gasteiger charge is 2.37. The largest absolute Gasteiger partial charge is 0.508 e. The summed E-state index contributed by atoms with van der Waals surface area (Å²) in [6.07, 6.45) is 9.19. The molecular weight excluding hydrogens is 558 g/mol. The number of aromatic hydroxyl groups is 2. The van der Waals surface area contributed by atoms with E-state index in [2.05, 4.69) is 17.6 Å². The third-order valence-corrected chi connectivity index (χ3v) is 7.87. The second-order valence-electron chi connectivity index (χ2n) is 12.9. The van der Waals surface area contributed by atoms with Crippen LogP contribution in [0.5, 0.6) is 11.5 Å². The SMILES string of the molecule is CCCCCCCN(C(=O)C(Cc1ccc(O)cc1)NC(=O)OC(C)(C)C)C(C(=O)NC1CCCCC1)c1ccc(O)cc1. The second kappa shape index (κ2) is 16.9. The molecule has 2 atom stereocenters. The zero-order chi connectivity index (χ0) is 32.1. The van der Waals surface area contributed by atoms with Crippen LogP contribution in [0.3, 0.4) is 0 Å². The molecule has 2 aromatic rings. The van der Waals surface area contributed by atoms with Crippen molar-refractivity contribution in [3.63, 3.8) is 0 Å². The first kappa shape index (κ1) is 34.7. The second-order valence-corrected chi connectivity index (χ2v) is 12.9. The first-order chi connectivity index (χ1) is 21.0. The number of phenolic OH excluding ortho intramolecular Hbond substituents is 2. The van der Waals surface area contributed by atoms with E-state index < -0.39 is 29.7 Å². The smallest absolute Gasteiger partial charge is 0.408 e. The Bertz CT molecular complexity index is 1190. The van der Waals surface area contributed by atoms with Crippen LogP contribution >= 0.6 is 0 Å². The highest BCUT2D eigenvalue weighted by atomic mass is 16.6. The standard InChI is InChI=1S/C35H51N3O6/c1-5-6-7-8-12-23-38(31(26-17-21-29(40)22-18-26)32(41)36-27-13-10-9-11-14-27)33(42)30(37-34(43)44-35(2,3)4)24-25-15-19-28(39)20-16-25/h15-22,27,30-31,39-40H,5-14,23-24H2,1-4H3,(H,36,41)(H,37,43). The van der Waals surface area contributed by atoms with Crippen LogP contribution in [-0.4, -0.2) is 57.3 Å². The third kappa shape index (κ3) is 11.4. The molecule has 9 nitrogen and oxygen atoms in total. The van der Waals surface area contributed by atoms with Crippen molar-refractivity contribution in [2.24, 2.45) is 0 Å².